The predicted octanol–water partition coefficient (Wildman–Crippen LogP) is -2.26. The maximum absolute atomic E-state index is 11.8. The van der Waals surface area contributed by atoms with Gasteiger partial charge in [-0.2, -0.15) is 8.42 Å². The molecule has 25 heavy (non-hydrogen) atoms. The Bertz CT molecular complexity index is 824. The van der Waals surface area contributed by atoms with Crippen molar-refractivity contribution in [2.24, 2.45) is 0 Å². The molecule has 0 aliphatic carbocycles. The minimum atomic E-state index is -4.34. The van der Waals surface area contributed by atoms with Gasteiger partial charge in [0.25, 0.3) is 10.1 Å². The molecule has 0 radical (unpaired) electrons. The first-order valence-electron chi connectivity index (χ1n) is 7.05. The largest absolute Gasteiger partial charge is 0.392 e. The van der Waals surface area contributed by atoms with Gasteiger partial charge < -0.3 is 5.11 Å². The van der Waals surface area contributed by atoms with E-state index >= 15 is 0 Å². The minimum Gasteiger partial charge on any atom is -0.392 e. The van der Waals surface area contributed by atoms with Crippen molar-refractivity contribution in [1.29, 1.82) is 0 Å². The van der Waals surface area contributed by atoms with Gasteiger partial charge >= 0.3 is 0 Å². The third-order valence-electron chi connectivity index (χ3n) is 2.68. The summed E-state index contributed by atoms with van der Waals surface area (Å²) in [5.74, 6) is -2.78. The zero-order chi connectivity index (χ0) is 19.9. The molecule has 0 bridgehead atoms. The zero-order valence-corrected chi connectivity index (χ0v) is 16.8. The fraction of sp³-hybridized carbons (Fsp3) is 1.00. The fourth-order valence-corrected chi connectivity index (χ4v) is 7.98. The highest BCUT2D eigenvalue weighted by Gasteiger charge is 2.23. The summed E-state index contributed by atoms with van der Waals surface area (Å²) in [7, 11) is -16.3. The van der Waals surface area contributed by atoms with Crippen molar-refractivity contribution in [3.05, 3.63) is 0 Å². The van der Waals surface area contributed by atoms with Gasteiger partial charge in [0.1, 0.15) is 0 Å². The predicted molar refractivity (Wildman–Crippen MR) is 91.6 cm³/mol. The molecule has 0 spiro atoms. The van der Waals surface area contributed by atoms with Crippen LogP contribution >= 0.6 is 0 Å². The third kappa shape index (κ3) is 14.5. The molecule has 1 atom stereocenters. The van der Waals surface area contributed by atoms with Crippen LogP contribution in [0.4, 0.5) is 0 Å². The molecular weight excluding hydrogens is 422 g/mol. The molecule has 0 aromatic rings. The Kier molecular flexibility index (Phi) is 9.45. The first-order chi connectivity index (χ1) is 11.0. The molecule has 152 valence electrons. The molecule has 0 aromatic heterocycles. The summed E-state index contributed by atoms with van der Waals surface area (Å²) >= 11 is 0. The highest BCUT2D eigenvalue weighted by Crippen LogP contribution is 2.05. The number of sulfone groups is 2. The molecule has 0 saturated heterocycles. The van der Waals surface area contributed by atoms with Gasteiger partial charge in [-0.3, -0.25) is 4.55 Å². The van der Waals surface area contributed by atoms with E-state index in [1.165, 1.54) is 6.92 Å². The number of hydrogen-bond donors (Lipinski definition) is 3. The molecular formula is C10H23NO10S4. The summed E-state index contributed by atoms with van der Waals surface area (Å²) < 4.78 is 101. The van der Waals surface area contributed by atoms with Crippen LogP contribution in [0.15, 0.2) is 0 Å². The standard InChI is InChI=1S/C10H23NO10S4/c1-10(12)8-11-24(17,18)6-2-4-22(13,14)9-23(15,16)5-3-7-25(19,20)21/h10-12H,2-9H2,1H3,(H,19,20,21). The summed E-state index contributed by atoms with van der Waals surface area (Å²) in [6, 6.07) is 0. The molecule has 3 N–H and O–H groups in total. The molecule has 0 heterocycles. The Morgan fingerprint density at radius 2 is 1.24 bits per heavy atom. The van der Waals surface area contributed by atoms with Crippen molar-refractivity contribution in [3.63, 3.8) is 0 Å². The van der Waals surface area contributed by atoms with Crippen molar-refractivity contribution < 1.29 is 43.3 Å². The Morgan fingerprint density at radius 1 is 0.800 bits per heavy atom. The van der Waals surface area contributed by atoms with E-state index in [9.17, 15) is 33.7 Å². The SMILES string of the molecule is CC(O)CNS(=O)(=O)CCCS(=O)(=O)CS(=O)(=O)CCCS(=O)(=O)O. The van der Waals surface area contributed by atoms with Crippen LogP contribution in [0.5, 0.6) is 0 Å². The Labute approximate surface area is 148 Å². The van der Waals surface area contributed by atoms with Gasteiger partial charge in [0.05, 0.1) is 29.1 Å². The Morgan fingerprint density at radius 3 is 1.64 bits per heavy atom. The van der Waals surface area contributed by atoms with Gasteiger partial charge in [0.15, 0.2) is 24.8 Å². The molecule has 0 aromatic carbocycles. The van der Waals surface area contributed by atoms with Crippen LogP contribution in [0.3, 0.4) is 0 Å². The van der Waals surface area contributed by atoms with Gasteiger partial charge in [-0.05, 0) is 19.8 Å². The minimum absolute atomic E-state index is 0.225. The van der Waals surface area contributed by atoms with E-state index in [2.05, 4.69) is 4.72 Å². The van der Waals surface area contributed by atoms with Gasteiger partial charge in [0, 0.05) is 6.54 Å². The molecule has 15 heteroatoms. The van der Waals surface area contributed by atoms with E-state index < -0.39 is 80.4 Å². The van der Waals surface area contributed by atoms with Crippen molar-refractivity contribution in [2.45, 2.75) is 25.9 Å². The number of nitrogens with one attached hydrogen (secondary N) is 1. The van der Waals surface area contributed by atoms with E-state index in [-0.39, 0.29) is 13.0 Å². The van der Waals surface area contributed by atoms with Crippen LogP contribution in [0.1, 0.15) is 19.8 Å². The first-order valence-corrected chi connectivity index (χ1v) is 14.0. The quantitative estimate of drug-likeness (QED) is 0.261. The second-order valence-electron chi connectivity index (χ2n) is 5.52. The van der Waals surface area contributed by atoms with Crippen molar-refractivity contribution >= 4 is 39.8 Å². The van der Waals surface area contributed by atoms with Gasteiger partial charge in [-0.1, -0.05) is 0 Å². The summed E-state index contributed by atoms with van der Waals surface area (Å²) in [4.78, 5) is 0. The van der Waals surface area contributed by atoms with Crippen molar-refractivity contribution in [1.82, 2.24) is 4.72 Å². The lowest BCUT2D eigenvalue weighted by Crippen LogP contribution is -2.33. The monoisotopic (exact) mass is 445 g/mol. The fourth-order valence-electron chi connectivity index (χ4n) is 1.64. The van der Waals surface area contributed by atoms with E-state index in [1.54, 1.807) is 0 Å². The second kappa shape index (κ2) is 9.57. The first kappa shape index (κ1) is 24.7. The number of aliphatic hydroxyl groups is 1. The molecule has 0 rings (SSSR count). The summed E-state index contributed by atoms with van der Waals surface area (Å²) in [5, 5.41) is 7.75. The second-order valence-corrected chi connectivity index (χ2v) is 13.8. The number of rotatable bonds is 13. The van der Waals surface area contributed by atoms with Crippen LogP contribution in [-0.4, -0.2) is 84.1 Å². The van der Waals surface area contributed by atoms with Crippen LogP contribution < -0.4 is 4.72 Å². The van der Waals surface area contributed by atoms with Gasteiger partial charge in [-0.25, -0.2) is 30.0 Å². The summed E-state index contributed by atoms with van der Waals surface area (Å²) in [5.41, 5.74) is 0. The third-order valence-corrected chi connectivity index (χ3v) is 9.62. The summed E-state index contributed by atoms with van der Waals surface area (Å²) in [6.45, 7) is 1.14. The molecule has 0 saturated carbocycles. The molecule has 1 unspecified atom stereocenters. The lowest BCUT2D eigenvalue weighted by molar-refractivity contribution is 0.198. The molecule has 0 amide bonds. The highest BCUT2D eigenvalue weighted by molar-refractivity contribution is 8.08. The normalized spacial score (nSPS) is 15.2. The average molecular weight is 446 g/mol. The number of aliphatic hydroxyl groups excluding tert-OH is 1. The van der Waals surface area contributed by atoms with E-state index in [4.69, 9.17) is 9.66 Å². The lowest BCUT2D eigenvalue weighted by Gasteiger charge is -2.09. The topological polar surface area (TPSA) is 189 Å². The number of sulfonamides is 1. The van der Waals surface area contributed by atoms with Gasteiger partial charge in [-0.15, -0.1) is 0 Å². The van der Waals surface area contributed by atoms with Crippen molar-refractivity contribution in [2.75, 3.05) is 34.6 Å². The molecule has 11 nitrogen and oxygen atoms in total. The summed E-state index contributed by atoms with van der Waals surface area (Å²) in [6.07, 6.45) is -1.70. The molecule has 0 fully saturated rings. The van der Waals surface area contributed by atoms with Crippen LogP contribution in [0.2, 0.25) is 0 Å². The van der Waals surface area contributed by atoms with E-state index in [0.29, 0.717) is 0 Å². The number of hydrogen-bond acceptors (Lipinski definition) is 9. The van der Waals surface area contributed by atoms with Gasteiger partial charge in [0.2, 0.25) is 10.0 Å². The smallest absolute Gasteiger partial charge is 0.264 e. The van der Waals surface area contributed by atoms with Crippen LogP contribution in [0.25, 0.3) is 0 Å². The Balaban J connectivity index is 4.49. The maximum atomic E-state index is 11.8. The van der Waals surface area contributed by atoms with Crippen molar-refractivity contribution in [3.8, 4) is 0 Å². The molecule has 0 aliphatic heterocycles. The lowest BCUT2D eigenvalue weighted by atomic mass is 10.4. The average Bonchev–Trinajstić information content (AvgIpc) is 2.32. The maximum Gasteiger partial charge on any atom is 0.264 e. The molecule has 0 aliphatic rings. The van der Waals surface area contributed by atoms with E-state index in [0.717, 1.165) is 0 Å². The van der Waals surface area contributed by atoms with Crippen LogP contribution in [-0.2, 0) is 39.8 Å². The Hall–Kier alpha value is -0.320. The van der Waals surface area contributed by atoms with Crippen LogP contribution in [0, 0.1) is 0 Å². The highest BCUT2D eigenvalue weighted by atomic mass is 32.3. The zero-order valence-electron chi connectivity index (χ0n) is 13.5. The van der Waals surface area contributed by atoms with E-state index in [1.807, 2.05) is 0 Å².